The SMILES string of the molecule is CN1Cc2nc(Cl)nc(Cl)c2C1. The number of fused-ring (bicyclic) bond motifs is 1. The van der Waals surface area contributed by atoms with Crippen LogP contribution in [0.1, 0.15) is 11.3 Å². The maximum absolute atomic E-state index is 5.88. The van der Waals surface area contributed by atoms with E-state index >= 15 is 0 Å². The minimum atomic E-state index is 0.231. The summed E-state index contributed by atoms with van der Waals surface area (Å²) in [5.74, 6) is 0. The van der Waals surface area contributed by atoms with Crippen LogP contribution in [0.15, 0.2) is 0 Å². The predicted octanol–water partition coefficient (Wildman–Crippen LogP) is 1.73. The second-order valence-electron chi connectivity index (χ2n) is 2.88. The zero-order valence-electron chi connectivity index (χ0n) is 6.51. The lowest BCUT2D eigenvalue weighted by Gasteiger charge is -2.02. The molecule has 0 aromatic carbocycles. The van der Waals surface area contributed by atoms with Gasteiger partial charge in [-0.3, -0.25) is 4.90 Å². The molecule has 0 amide bonds. The Bertz CT molecular complexity index is 327. The molecule has 3 nitrogen and oxygen atoms in total. The molecule has 0 radical (unpaired) electrons. The average Bonchev–Trinajstić information content (AvgIpc) is 2.29. The average molecular weight is 204 g/mol. The molecule has 12 heavy (non-hydrogen) atoms. The number of rotatable bonds is 0. The first-order valence-corrected chi connectivity index (χ1v) is 4.32. The zero-order chi connectivity index (χ0) is 8.72. The number of nitrogens with zero attached hydrogens (tertiary/aromatic N) is 3. The highest BCUT2D eigenvalue weighted by atomic mass is 35.5. The highest BCUT2D eigenvalue weighted by molar-refractivity contribution is 6.32. The van der Waals surface area contributed by atoms with Gasteiger partial charge in [-0.2, -0.15) is 0 Å². The van der Waals surface area contributed by atoms with Gasteiger partial charge in [0.2, 0.25) is 5.28 Å². The maximum atomic E-state index is 5.88. The van der Waals surface area contributed by atoms with E-state index in [9.17, 15) is 0 Å². The van der Waals surface area contributed by atoms with Crippen LogP contribution >= 0.6 is 23.2 Å². The van der Waals surface area contributed by atoms with Gasteiger partial charge in [0.25, 0.3) is 0 Å². The van der Waals surface area contributed by atoms with Crippen LogP contribution in [0.5, 0.6) is 0 Å². The summed E-state index contributed by atoms with van der Waals surface area (Å²) in [6.07, 6.45) is 0. The zero-order valence-corrected chi connectivity index (χ0v) is 8.02. The third kappa shape index (κ3) is 1.28. The lowest BCUT2D eigenvalue weighted by atomic mass is 10.3. The molecule has 0 bridgehead atoms. The van der Waals surface area contributed by atoms with Gasteiger partial charge in [-0.15, -0.1) is 0 Å². The minimum Gasteiger partial charge on any atom is -0.296 e. The van der Waals surface area contributed by atoms with Gasteiger partial charge in [0.05, 0.1) is 5.69 Å². The van der Waals surface area contributed by atoms with Gasteiger partial charge in [-0.25, -0.2) is 9.97 Å². The van der Waals surface area contributed by atoms with E-state index in [1.165, 1.54) is 0 Å². The van der Waals surface area contributed by atoms with Crippen molar-refractivity contribution in [2.75, 3.05) is 7.05 Å². The van der Waals surface area contributed by atoms with Crippen molar-refractivity contribution in [3.8, 4) is 0 Å². The summed E-state index contributed by atoms with van der Waals surface area (Å²) in [4.78, 5) is 10.1. The van der Waals surface area contributed by atoms with Gasteiger partial charge in [-0.05, 0) is 18.6 Å². The summed E-state index contributed by atoms with van der Waals surface area (Å²) in [6, 6.07) is 0. The standard InChI is InChI=1S/C7H7Cl2N3/c1-12-2-4-5(3-12)10-7(9)11-6(4)8/h2-3H2,1H3. The quantitative estimate of drug-likeness (QED) is 0.476. The first-order chi connectivity index (χ1) is 5.66. The van der Waals surface area contributed by atoms with Crippen molar-refractivity contribution in [1.82, 2.24) is 14.9 Å². The largest absolute Gasteiger partial charge is 0.296 e. The van der Waals surface area contributed by atoms with E-state index < -0.39 is 0 Å². The fourth-order valence-electron chi connectivity index (χ4n) is 1.34. The fraction of sp³-hybridized carbons (Fsp3) is 0.429. The lowest BCUT2D eigenvalue weighted by Crippen LogP contribution is -2.07. The molecule has 1 aliphatic heterocycles. The van der Waals surface area contributed by atoms with Gasteiger partial charge >= 0.3 is 0 Å². The summed E-state index contributed by atoms with van der Waals surface area (Å²) >= 11 is 11.5. The summed E-state index contributed by atoms with van der Waals surface area (Å²) in [7, 11) is 2.01. The molecule has 64 valence electrons. The van der Waals surface area contributed by atoms with Crippen LogP contribution in [-0.2, 0) is 13.1 Å². The smallest absolute Gasteiger partial charge is 0.224 e. The maximum Gasteiger partial charge on any atom is 0.224 e. The Balaban J connectivity index is 2.52. The molecule has 5 heteroatoms. The number of hydrogen-bond acceptors (Lipinski definition) is 3. The normalized spacial score (nSPS) is 16.6. The van der Waals surface area contributed by atoms with Crippen molar-refractivity contribution in [3.05, 3.63) is 21.7 Å². The monoisotopic (exact) mass is 203 g/mol. The highest BCUT2D eigenvalue weighted by Gasteiger charge is 2.21. The van der Waals surface area contributed by atoms with E-state index in [1.807, 2.05) is 7.05 Å². The van der Waals surface area contributed by atoms with E-state index in [0.717, 1.165) is 24.3 Å². The second kappa shape index (κ2) is 2.83. The van der Waals surface area contributed by atoms with Crippen LogP contribution in [0.3, 0.4) is 0 Å². The molecule has 1 aromatic rings. The Labute approximate surface area is 80.3 Å². The molecule has 1 aromatic heterocycles. The second-order valence-corrected chi connectivity index (χ2v) is 3.58. The molecule has 1 aliphatic rings. The third-order valence-corrected chi connectivity index (χ3v) is 2.34. The Morgan fingerprint density at radius 1 is 1.25 bits per heavy atom. The first-order valence-electron chi connectivity index (χ1n) is 3.56. The predicted molar refractivity (Wildman–Crippen MR) is 47.2 cm³/mol. The minimum absolute atomic E-state index is 0.231. The molecule has 2 heterocycles. The van der Waals surface area contributed by atoms with Crippen LogP contribution in [0.2, 0.25) is 10.4 Å². The topological polar surface area (TPSA) is 29.0 Å². The van der Waals surface area contributed by atoms with Crippen LogP contribution in [0.4, 0.5) is 0 Å². The Morgan fingerprint density at radius 2 is 2.00 bits per heavy atom. The van der Waals surface area contributed by atoms with E-state index in [-0.39, 0.29) is 5.28 Å². The molecular formula is C7H7Cl2N3. The molecule has 0 atom stereocenters. The Hall–Kier alpha value is -0.380. The van der Waals surface area contributed by atoms with Crippen molar-refractivity contribution >= 4 is 23.2 Å². The summed E-state index contributed by atoms with van der Waals surface area (Å²) in [5.41, 5.74) is 1.95. The molecule has 2 rings (SSSR count). The molecule has 0 saturated carbocycles. The van der Waals surface area contributed by atoms with E-state index in [0.29, 0.717) is 5.15 Å². The first kappa shape index (κ1) is 8.23. The van der Waals surface area contributed by atoms with Crippen LogP contribution in [0.25, 0.3) is 0 Å². The summed E-state index contributed by atoms with van der Waals surface area (Å²) in [6.45, 7) is 1.61. The Kier molecular flexibility index (Phi) is 1.94. The van der Waals surface area contributed by atoms with Crippen molar-refractivity contribution in [1.29, 1.82) is 0 Å². The lowest BCUT2D eigenvalue weighted by molar-refractivity contribution is 0.351. The molecular weight excluding hydrogens is 197 g/mol. The van der Waals surface area contributed by atoms with E-state index in [2.05, 4.69) is 14.9 Å². The van der Waals surface area contributed by atoms with Crippen molar-refractivity contribution < 1.29 is 0 Å². The van der Waals surface area contributed by atoms with E-state index in [1.54, 1.807) is 0 Å². The van der Waals surface area contributed by atoms with Crippen LogP contribution in [-0.4, -0.2) is 21.9 Å². The fourth-order valence-corrected chi connectivity index (χ4v) is 1.82. The molecule has 0 saturated heterocycles. The number of halogens is 2. The van der Waals surface area contributed by atoms with Crippen molar-refractivity contribution in [2.24, 2.45) is 0 Å². The number of hydrogen-bond donors (Lipinski definition) is 0. The third-order valence-electron chi connectivity index (χ3n) is 1.86. The highest BCUT2D eigenvalue weighted by Crippen LogP contribution is 2.26. The van der Waals surface area contributed by atoms with Crippen LogP contribution in [0, 0.1) is 0 Å². The van der Waals surface area contributed by atoms with Crippen LogP contribution < -0.4 is 0 Å². The molecule has 0 fully saturated rings. The Morgan fingerprint density at radius 3 is 2.75 bits per heavy atom. The van der Waals surface area contributed by atoms with Gasteiger partial charge < -0.3 is 0 Å². The molecule has 0 aliphatic carbocycles. The van der Waals surface area contributed by atoms with Crippen molar-refractivity contribution in [3.63, 3.8) is 0 Å². The molecule has 0 spiro atoms. The number of aromatic nitrogens is 2. The van der Waals surface area contributed by atoms with Gasteiger partial charge in [0.15, 0.2) is 0 Å². The summed E-state index contributed by atoms with van der Waals surface area (Å²) in [5, 5.41) is 0.711. The van der Waals surface area contributed by atoms with Gasteiger partial charge in [0.1, 0.15) is 5.15 Å². The molecule has 0 unspecified atom stereocenters. The van der Waals surface area contributed by atoms with Crippen molar-refractivity contribution in [2.45, 2.75) is 13.1 Å². The van der Waals surface area contributed by atoms with Gasteiger partial charge in [0, 0.05) is 18.7 Å². The molecule has 0 N–H and O–H groups in total. The van der Waals surface area contributed by atoms with Gasteiger partial charge in [-0.1, -0.05) is 11.6 Å². The summed E-state index contributed by atoms with van der Waals surface area (Å²) < 4.78 is 0. The van der Waals surface area contributed by atoms with E-state index in [4.69, 9.17) is 23.2 Å².